The Balaban J connectivity index is 1.36. The lowest BCUT2D eigenvalue weighted by Crippen LogP contribution is -2.68. The molecule has 6 aliphatic rings. The third-order valence-corrected chi connectivity index (χ3v) is 15.1. The molecule has 222 valence electrons. The van der Waals surface area contributed by atoms with Crippen molar-refractivity contribution in [2.75, 3.05) is 19.8 Å². The zero-order valence-electron chi connectivity index (χ0n) is 25.7. The maximum Gasteiger partial charge on any atom is 0.312 e. The highest BCUT2D eigenvalue weighted by atomic mass is 16.6. The number of unbranched alkanes of at least 4 members (excludes halogenated alkanes) is 1. The Kier molecular flexibility index (Phi) is 6.70. The molecule has 5 unspecified atom stereocenters. The zero-order chi connectivity index (χ0) is 28.1. The lowest BCUT2D eigenvalue weighted by atomic mass is 9.32. The van der Waals surface area contributed by atoms with Crippen LogP contribution >= 0.6 is 0 Å². The van der Waals surface area contributed by atoms with Crippen LogP contribution < -0.4 is 0 Å². The first-order chi connectivity index (χ1) is 18.4. The molecule has 0 amide bonds. The number of carbonyl (C=O) groups excluding carboxylic acids is 1. The summed E-state index contributed by atoms with van der Waals surface area (Å²) in [4.78, 5) is 14.0. The Hall–Kier alpha value is -0.650. The number of aliphatic hydroxyl groups excluding tert-OH is 2. The van der Waals surface area contributed by atoms with Gasteiger partial charge in [-0.3, -0.25) is 4.79 Å². The zero-order valence-corrected chi connectivity index (χ0v) is 25.7. The molecule has 0 aromatic heterocycles. The molecule has 6 rings (SSSR count). The smallest absolute Gasteiger partial charge is 0.312 e. The van der Waals surface area contributed by atoms with E-state index in [1.807, 2.05) is 0 Å². The Morgan fingerprint density at radius 2 is 1.62 bits per heavy atom. The van der Waals surface area contributed by atoms with E-state index < -0.39 is 11.5 Å². The van der Waals surface area contributed by atoms with Crippen LogP contribution in [0.2, 0.25) is 0 Å². The third kappa shape index (κ3) is 3.63. The lowest BCUT2D eigenvalue weighted by molar-refractivity contribution is -0.256. The van der Waals surface area contributed by atoms with Crippen LogP contribution in [-0.4, -0.2) is 47.7 Å². The first-order valence-corrected chi connectivity index (χ1v) is 16.5. The Morgan fingerprint density at radius 1 is 0.872 bits per heavy atom. The van der Waals surface area contributed by atoms with Crippen LogP contribution in [0.4, 0.5) is 0 Å². The summed E-state index contributed by atoms with van der Waals surface area (Å²) in [7, 11) is 0. The fourth-order valence-corrected chi connectivity index (χ4v) is 12.4. The third-order valence-electron chi connectivity index (χ3n) is 15.1. The van der Waals surface area contributed by atoms with E-state index in [1.54, 1.807) is 0 Å². The molecule has 0 aromatic rings. The number of carbonyl (C=O) groups is 1. The van der Waals surface area contributed by atoms with Gasteiger partial charge in [0.1, 0.15) is 0 Å². The number of fused-ring (bicyclic) bond motifs is 7. The number of aliphatic hydroxyl groups is 2. The van der Waals surface area contributed by atoms with E-state index >= 15 is 0 Å². The summed E-state index contributed by atoms with van der Waals surface area (Å²) in [5.41, 5.74) is -0.335. The van der Waals surface area contributed by atoms with Crippen LogP contribution in [-0.2, 0) is 14.3 Å². The highest BCUT2D eigenvalue weighted by Crippen LogP contribution is 2.78. The van der Waals surface area contributed by atoms with Gasteiger partial charge >= 0.3 is 5.97 Å². The molecular weight excluding hydrogens is 488 g/mol. The predicted octanol–water partition coefficient (Wildman–Crippen LogP) is 6.53. The number of hydrogen-bond donors (Lipinski definition) is 2. The van der Waals surface area contributed by atoms with Crippen LogP contribution in [0.15, 0.2) is 0 Å². The molecule has 2 N–H and O–H groups in total. The number of hydrogen-bond acceptors (Lipinski definition) is 5. The SMILES string of the molecule is CCCCOC(=O)[C@]12CCC([C@@]3(C)CO3)C1C1CCC3[C@@]4(C)CC[C@H](O)[C@@](C)(CO)C4CC[C@@]3(C)[C@]1(C)CC2. The van der Waals surface area contributed by atoms with E-state index in [9.17, 15) is 15.0 Å². The summed E-state index contributed by atoms with van der Waals surface area (Å²) in [6, 6.07) is 0. The molecule has 6 fully saturated rings. The van der Waals surface area contributed by atoms with Crippen LogP contribution in [0, 0.1) is 56.7 Å². The van der Waals surface area contributed by atoms with Gasteiger partial charge in [0.25, 0.3) is 0 Å². The molecule has 39 heavy (non-hydrogen) atoms. The standard InChI is InChI=1S/C34H56O5/c1-7-8-19-38-28(37)34-16-11-23(33(6)21-39-33)27(34)22-9-10-25-29(2)14-13-26(36)30(3,20-35)24(29)12-15-32(25,5)31(22,4)17-18-34/h22-27,35-36H,7-21H2,1-6H3/t22?,23?,24?,25?,26-,27?,29-,30-,31+,32+,33+,34-/m0/s1. The second kappa shape index (κ2) is 9.17. The van der Waals surface area contributed by atoms with Crippen molar-refractivity contribution in [1.82, 2.24) is 0 Å². The van der Waals surface area contributed by atoms with Gasteiger partial charge in [-0.05, 0) is 123 Å². The Morgan fingerprint density at radius 3 is 2.28 bits per heavy atom. The summed E-state index contributed by atoms with van der Waals surface area (Å²) < 4.78 is 12.2. The summed E-state index contributed by atoms with van der Waals surface area (Å²) in [5, 5.41) is 21.6. The van der Waals surface area contributed by atoms with Crippen LogP contribution in [0.1, 0.15) is 119 Å². The molecule has 0 aromatic carbocycles. The summed E-state index contributed by atoms with van der Waals surface area (Å²) in [5.74, 6) is 2.33. The van der Waals surface area contributed by atoms with Crippen molar-refractivity contribution in [3.8, 4) is 0 Å². The Labute approximate surface area is 237 Å². The van der Waals surface area contributed by atoms with Crippen molar-refractivity contribution in [1.29, 1.82) is 0 Å². The minimum Gasteiger partial charge on any atom is -0.465 e. The van der Waals surface area contributed by atoms with Crippen molar-refractivity contribution in [2.45, 2.75) is 130 Å². The topological polar surface area (TPSA) is 79.3 Å². The Bertz CT molecular complexity index is 977. The van der Waals surface area contributed by atoms with E-state index in [2.05, 4.69) is 41.5 Å². The van der Waals surface area contributed by atoms with Gasteiger partial charge in [0, 0.05) is 5.41 Å². The number of ether oxygens (including phenoxy) is 2. The fraction of sp³-hybridized carbons (Fsp3) is 0.971. The van der Waals surface area contributed by atoms with Crippen molar-refractivity contribution >= 4 is 5.97 Å². The summed E-state index contributed by atoms with van der Waals surface area (Å²) >= 11 is 0. The highest BCUT2D eigenvalue weighted by molar-refractivity contribution is 5.78. The van der Waals surface area contributed by atoms with Gasteiger partial charge in [0.15, 0.2) is 0 Å². The number of epoxide rings is 1. The van der Waals surface area contributed by atoms with Crippen molar-refractivity contribution in [3.63, 3.8) is 0 Å². The van der Waals surface area contributed by atoms with E-state index in [0.29, 0.717) is 36.2 Å². The van der Waals surface area contributed by atoms with Gasteiger partial charge in [-0.25, -0.2) is 0 Å². The number of rotatable bonds is 6. The number of esters is 1. The highest BCUT2D eigenvalue weighted by Gasteiger charge is 2.74. The maximum absolute atomic E-state index is 14.0. The molecule has 1 saturated heterocycles. The normalized spacial score (nSPS) is 56.1. The first-order valence-electron chi connectivity index (χ1n) is 16.5. The molecular formula is C34H56O5. The largest absolute Gasteiger partial charge is 0.465 e. The minimum atomic E-state index is -0.413. The molecule has 1 aliphatic heterocycles. The summed E-state index contributed by atoms with van der Waals surface area (Å²) in [6.07, 6.45) is 12.2. The molecule has 0 spiro atoms. The van der Waals surface area contributed by atoms with Crippen LogP contribution in [0.25, 0.3) is 0 Å². The van der Waals surface area contributed by atoms with Gasteiger partial charge in [-0.1, -0.05) is 41.0 Å². The van der Waals surface area contributed by atoms with E-state index in [1.165, 1.54) is 12.8 Å². The van der Waals surface area contributed by atoms with Crippen LogP contribution in [0.3, 0.4) is 0 Å². The van der Waals surface area contributed by atoms with Gasteiger partial charge in [0.2, 0.25) is 0 Å². The quantitative estimate of drug-likeness (QED) is 0.226. The first kappa shape index (κ1) is 28.5. The predicted molar refractivity (Wildman–Crippen MR) is 152 cm³/mol. The molecule has 0 radical (unpaired) electrons. The van der Waals surface area contributed by atoms with Crippen LogP contribution in [0.5, 0.6) is 0 Å². The van der Waals surface area contributed by atoms with E-state index in [4.69, 9.17) is 9.47 Å². The average molecular weight is 545 g/mol. The van der Waals surface area contributed by atoms with Crippen molar-refractivity contribution < 1.29 is 24.5 Å². The molecule has 5 aliphatic carbocycles. The van der Waals surface area contributed by atoms with E-state index in [-0.39, 0.29) is 39.8 Å². The van der Waals surface area contributed by atoms with E-state index in [0.717, 1.165) is 70.8 Å². The van der Waals surface area contributed by atoms with Gasteiger partial charge < -0.3 is 19.7 Å². The van der Waals surface area contributed by atoms with Gasteiger partial charge in [-0.15, -0.1) is 0 Å². The molecule has 0 bridgehead atoms. The second-order valence-electron chi connectivity index (χ2n) is 16.3. The molecule has 5 heteroatoms. The maximum atomic E-state index is 14.0. The van der Waals surface area contributed by atoms with Gasteiger partial charge in [0.05, 0.1) is 36.9 Å². The molecule has 5 nitrogen and oxygen atoms in total. The molecule has 1 heterocycles. The molecule has 12 atom stereocenters. The minimum absolute atomic E-state index is 0.0712. The van der Waals surface area contributed by atoms with Gasteiger partial charge in [-0.2, -0.15) is 0 Å². The van der Waals surface area contributed by atoms with Crippen molar-refractivity contribution in [3.05, 3.63) is 0 Å². The lowest BCUT2D eigenvalue weighted by Gasteiger charge is -2.72. The average Bonchev–Trinajstić information content (AvgIpc) is 3.52. The second-order valence-corrected chi connectivity index (χ2v) is 16.3. The monoisotopic (exact) mass is 544 g/mol. The fourth-order valence-electron chi connectivity index (χ4n) is 12.4. The molecule has 5 saturated carbocycles. The van der Waals surface area contributed by atoms with Crippen molar-refractivity contribution in [2.24, 2.45) is 56.7 Å². The summed E-state index contributed by atoms with van der Waals surface area (Å²) in [6.45, 7) is 15.8.